The summed E-state index contributed by atoms with van der Waals surface area (Å²) in [5.41, 5.74) is 3.90. The van der Waals surface area contributed by atoms with Crippen molar-refractivity contribution in [1.29, 1.82) is 0 Å². The third-order valence-corrected chi connectivity index (χ3v) is 6.00. The lowest BCUT2D eigenvalue weighted by Crippen LogP contribution is -2.50. The minimum Gasteiger partial charge on any atom is -0.372 e. The van der Waals surface area contributed by atoms with Crippen molar-refractivity contribution in [2.45, 2.75) is 39.2 Å². The number of rotatable bonds is 4. The number of hydrogen-bond donors (Lipinski definition) is 0. The Kier molecular flexibility index (Phi) is 5.71. The molecule has 3 saturated heterocycles. The van der Waals surface area contributed by atoms with Crippen LogP contribution in [0.15, 0.2) is 18.2 Å². The molecule has 3 fully saturated rings. The molecule has 0 aliphatic carbocycles. The lowest BCUT2D eigenvalue weighted by molar-refractivity contribution is -0.174. The molecule has 156 valence electrons. The Labute approximate surface area is 170 Å². The molecule has 29 heavy (non-hydrogen) atoms. The van der Waals surface area contributed by atoms with E-state index in [4.69, 9.17) is 4.84 Å². The molecule has 0 atom stereocenters. The number of nitrogens with zero attached hydrogens (tertiary/aromatic N) is 4. The maximum atomic E-state index is 12.3. The fourth-order valence-corrected chi connectivity index (χ4v) is 4.15. The van der Waals surface area contributed by atoms with Crippen molar-refractivity contribution in [2.24, 2.45) is 0 Å². The van der Waals surface area contributed by atoms with Gasteiger partial charge in [0.2, 0.25) is 0 Å². The molecule has 0 aromatic heterocycles. The van der Waals surface area contributed by atoms with Crippen LogP contribution < -0.4 is 4.90 Å². The van der Waals surface area contributed by atoms with Gasteiger partial charge in [0.1, 0.15) is 0 Å². The Bertz CT molecular complexity index is 782. The molecule has 0 spiro atoms. The number of aryl methyl sites for hydroxylation is 1. The molecule has 1 aromatic carbocycles. The number of amides is 3. The number of hydroxylamine groups is 2. The summed E-state index contributed by atoms with van der Waals surface area (Å²) >= 11 is 0. The van der Waals surface area contributed by atoms with E-state index in [2.05, 4.69) is 34.9 Å². The fourth-order valence-electron chi connectivity index (χ4n) is 4.15. The average molecular weight is 400 g/mol. The summed E-state index contributed by atoms with van der Waals surface area (Å²) in [7, 11) is 0. The normalized spacial score (nSPS) is 20.7. The monoisotopic (exact) mass is 400 g/mol. The zero-order valence-electron chi connectivity index (χ0n) is 16.9. The molecule has 8 heteroatoms. The van der Waals surface area contributed by atoms with E-state index < -0.39 is 17.9 Å². The van der Waals surface area contributed by atoms with Gasteiger partial charge < -0.3 is 14.6 Å². The van der Waals surface area contributed by atoms with Gasteiger partial charge in [-0.25, -0.2) is 4.79 Å². The molecule has 0 N–H and O–H groups in total. The predicted octanol–water partition coefficient (Wildman–Crippen LogP) is 1.91. The fraction of sp³-hybridized carbons (Fsp3) is 0.571. The molecule has 3 aliphatic heterocycles. The van der Waals surface area contributed by atoms with E-state index in [1.165, 1.54) is 29.7 Å². The Hall–Kier alpha value is -2.61. The van der Waals surface area contributed by atoms with E-state index in [-0.39, 0.29) is 12.8 Å². The number of carbonyl (C=O) groups is 3. The van der Waals surface area contributed by atoms with Gasteiger partial charge in [-0.2, -0.15) is 0 Å². The zero-order valence-corrected chi connectivity index (χ0v) is 16.9. The lowest BCUT2D eigenvalue weighted by Gasteiger charge is -2.34. The smallest absolute Gasteiger partial charge is 0.372 e. The number of imide groups is 1. The van der Waals surface area contributed by atoms with Crippen molar-refractivity contribution in [1.82, 2.24) is 14.9 Å². The minimum atomic E-state index is -0.626. The Morgan fingerprint density at radius 2 is 1.62 bits per heavy atom. The van der Waals surface area contributed by atoms with Gasteiger partial charge in [0.15, 0.2) is 0 Å². The highest BCUT2D eigenvalue weighted by atomic mass is 16.7. The van der Waals surface area contributed by atoms with E-state index in [9.17, 15) is 14.4 Å². The molecule has 3 heterocycles. The standard InChI is InChI=1S/C21H28N4O4/c1-16-14-18(23-8-2-3-9-23)5-4-17(16)15-22-10-12-24(13-11-22)21(28)29-25-19(26)6-7-20(25)27/h4-5,14H,2-3,6-13,15H2,1H3. The summed E-state index contributed by atoms with van der Waals surface area (Å²) in [5, 5.41) is 0.611. The van der Waals surface area contributed by atoms with Crippen molar-refractivity contribution < 1.29 is 19.2 Å². The Balaban J connectivity index is 1.28. The van der Waals surface area contributed by atoms with Crippen molar-refractivity contribution >= 4 is 23.6 Å². The highest BCUT2D eigenvalue weighted by molar-refractivity contribution is 6.01. The number of carbonyl (C=O) groups excluding carboxylic acids is 3. The van der Waals surface area contributed by atoms with Crippen LogP contribution in [0.1, 0.15) is 36.8 Å². The minimum absolute atomic E-state index is 0.107. The predicted molar refractivity (Wildman–Crippen MR) is 107 cm³/mol. The second kappa shape index (κ2) is 8.41. The van der Waals surface area contributed by atoms with Crippen LogP contribution in [0.4, 0.5) is 10.5 Å². The summed E-state index contributed by atoms with van der Waals surface area (Å²) in [6.45, 7) is 7.77. The number of hydrogen-bond acceptors (Lipinski definition) is 6. The first-order valence-electron chi connectivity index (χ1n) is 10.4. The summed E-state index contributed by atoms with van der Waals surface area (Å²) in [6.07, 6.45) is 2.13. The highest BCUT2D eigenvalue weighted by Gasteiger charge is 2.34. The van der Waals surface area contributed by atoms with E-state index >= 15 is 0 Å². The second-order valence-corrected chi connectivity index (χ2v) is 8.01. The first-order valence-corrected chi connectivity index (χ1v) is 10.4. The third kappa shape index (κ3) is 4.37. The van der Waals surface area contributed by atoms with E-state index in [0.29, 0.717) is 18.2 Å². The van der Waals surface area contributed by atoms with Crippen LogP contribution >= 0.6 is 0 Å². The molecular weight excluding hydrogens is 372 g/mol. The first kappa shape index (κ1) is 19.7. The molecule has 0 unspecified atom stereocenters. The largest absolute Gasteiger partial charge is 0.434 e. The molecule has 3 aliphatic rings. The summed E-state index contributed by atoms with van der Waals surface area (Å²) in [4.78, 5) is 46.8. The zero-order chi connectivity index (χ0) is 20.4. The van der Waals surface area contributed by atoms with Gasteiger partial charge in [0.25, 0.3) is 11.8 Å². The number of anilines is 1. The van der Waals surface area contributed by atoms with E-state index in [0.717, 1.165) is 32.7 Å². The molecule has 3 amide bonds. The highest BCUT2D eigenvalue weighted by Crippen LogP contribution is 2.24. The summed E-state index contributed by atoms with van der Waals surface area (Å²) < 4.78 is 0. The van der Waals surface area contributed by atoms with Gasteiger partial charge in [-0.05, 0) is 43.0 Å². The van der Waals surface area contributed by atoms with Crippen molar-refractivity contribution in [3.05, 3.63) is 29.3 Å². The van der Waals surface area contributed by atoms with Crippen molar-refractivity contribution in [3.8, 4) is 0 Å². The molecule has 0 radical (unpaired) electrons. The number of benzene rings is 1. The summed E-state index contributed by atoms with van der Waals surface area (Å²) in [6, 6.07) is 6.71. The molecule has 4 rings (SSSR count). The average Bonchev–Trinajstić information content (AvgIpc) is 3.36. The number of piperazine rings is 1. The van der Waals surface area contributed by atoms with Crippen LogP contribution in [0.5, 0.6) is 0 Å². The molecule has 1 aromatic rings. The topological polar surface area (TPSA) is 73.4 Å². The third-order valence-electron chi connectivity index (χ3n) is 6.00. The van der Waals surface area contributed by atoms with Crippen LogP contribution in [0.2, 0.25) is 0 Å². The van der Waals surface area contributed by atoms with Gasteiger partial charge in [-0.15, -0.1) is 5.06 Å². The summed E-state index contributed by atoms with van der Waals surface area (Å²) in [5.74, 6) is -0.898. The van der Waals surface area contributed by atoms with Crippen LogP contribution in [0.25, 0.3) is 0 Å². The van der Waals surface area contributed by atoms with Crippen LogP contribution in [0.3, 0.4) is 0 Å². The van der Waals surface area contributed by atoms with E-state index in [1.807, 2.05) is 0 Å². The maximum absolute atomic E-state index is 12.3. The van der Waals surface area contributed by atoms with Gasteiger partial charge in [-0.3, -0.25) is 14.5 Å². The first-order chi connectivity index (χ1) is 14.0. The molecule has 8 nitrogen and oxygen atoms in total. The van der Waals surface area contributed by atoms with Crippen LogP contribution in [-0.2, 0) is 21.0 Å². The van der Waals surface area contributed by atoms with Gasteiger partial charge >= 0.3 is 6.09 Å². The lowest BCUT2D eigenvalue weighted by atomic mass is 10.1. The van der Waals surface area contributed by atoms with Crippen molar-refractivity contribution in [2.75, 3.05) is 44.2 Å². The maximum Gasteiger partial charge on any atom is 0.434 e. The van der Waals surface area contributed by atoms with Gasteiger partial charge in [0.05, 0.1) is 0 Å². The SMILES string of the molecule is Cc1cc(N2CCCC2)ccc1CN1CCN(C(=O)ON2C(=O)CCC2=O)CC1. The van der Waals surface area contributed by atoms with Gasteiger partial charge in [0, 0.05) is 64.3 Å². The van der Waals surface area contributed by atoms with Crippen LogP contribution in [0, 0.1) is 6.92 Å². The Morgan fingerprint density at radius 1 is 0.966 bits per heavy atom. The second-order valence-electron chi connectivity index (χ2n) is 8.01. The Morgan fingerprint density at radius 3 is 2.24 bits per heavy atom. The molecule has 0 bridgehead atoms. The molecular formula is C21H28N4O4. The molecule has 0 saturated carbocycles. The quantitative estimate of drug-likeness (QED) is 0.719. The van der Waals surface area contributed by atoms with Gasteiger partial charge in [-0.1, -0.05) is 6.07 Å². The van der Waals surface area contributed by atoms with Crippen LogP contribution in [-0.4, -0.2) is 72.0 Å². The van der Waals surface area contributed by atoms with E-state index in [1.54, 1.807) is 4.90 Å². The van der Waals surface area contributed by atoms with Crippen molar-refractivity contribution in [3.63, 3.8) is 0 Å².